The SMILES string of the molecule is CSCC(C(=O)N[C@@H](CC(=O)O)C(=O)CSCc1ccccc1)n1ccnc(NCc2nonc2C)c1=O. The van der Waals surface area contributed by atoms with Crippen LogP contribution in [0.4, 0.5) is 5.82 Å². The largest absolute Gasteiger partial charge is 0.481 e. The minimum absolute atomic E-state index is 0.00993. The number of hydrogen-bond donors (Lipinski definition) is 3. The van der Waals surface area contributed by atoms with Crippen LogP contribution in [-0.4, -0.2) is 66.4 Å². The maximum absolute atomic E-state index is 13.3. The normalized spacial score (nSPS) is 12.5. The number of aliphatic carboxylic acids is 1. The minimum Gasteiger partial charge on any atom is -0.481 e. The van der Waals surface area contributed by atoms with Crippen LogP contribution >= 0.6 is 23.5 Å². The van der Waals surface area contributed by atoms with Crippen molar-refractivity contribution in [3.8, 4) is 0 Å². The molecule has 1 unspecified atom stereocenters. The molecule has 38 heavy (non-hydrogen) atoms. The standard InChI is InChI=1S/C24H28N6O6S2/c1-15-18(29-36-28-15)11-26-22-24(35)30(9-8-25-22)19(13-37-2)23(34)27-17(10-21(32)33)20(31)14-38-12-16-6-4-3-5-7-16/h3-9,17,19H,10-14H2,1-2H3,(H,25,26)(H,27,34)(H,32,33)/t17-,19?/m0/s1. The van der Waals surface area contributed by atoms with Crippen molar-refractivity contribution < 1.29 is 24.1 Å². The summed E-state index contributed by atoms with van der Waals surface area (Å²) in [6, 6.07) is 7.31. The lowest BCUT2D eigenvalue weighted by Crippen LogP contribution is -2.48. The number of ketones is 1. The second-order valence-electron chi connectivity index (χ2n) is 8.21. The molecule has 0 spiro atoms. The van der Waals surface area contributed by atoms with E-state index in [0.717, 1.165) is 5.56 Å². The van der Waals surface area contributed by atoms with Gasteiger partial charge in [-0.15, -0.1) is 11.8 Å². The Bertz CT molecular complexity index is 1300. The monoisotopic (exact) mass is 560 g/mol. The van der Waals surface area contributed by atoms with Gasteiger partial charge in [0.2, 0.25) is 5.91 Å². The van der Waals surface area contributed by atoms with Crippen LogP contribution in [0.15, 0.2) is 52.1 Å². The van der Waals surface area contributed by atoms with Crippen LogP contribution < -0.4 is 16.2 Å². The first-order valence-electron chi connectivity index (χ1n) is 11.5. The Hall–Kier alpha value is -3.65. The van der Waals surface area contributed by atoms with E-state index in [-0.39, 0.29) is 23.9 Å². The fourth-order valence-electron chi connectivity index (χ4n) is 3.44. The molecule has 14 heteroatoms. The molecule has 1 amide bonds. The van der Waals surface area contributed by atoms with E-state index in [9.17, 15) is 24.3 Å². The Morgan fingerprint density at radius 3 is 2.61 bits per heavy atom. The number of carboxylic acids is 1. The van der Waals surface area contributed by atoms with E-state index >= 15 is 0 Å². The molecule has 0 saturated carbocycles. The van der Waals surface area contributed by atoms with Crippen molar-refractivity contribution >= 4 is 47.0 Å². The van der Waals surface area contributed by atoms with Gasteiger partial charge in [-0.2, -0.15) is 11.8 Å². The molecule has 0 saturated heterocycles. The van der Waals surface area contributed by atoms with E-state index < -0.39 is 41.7 Å². The van der Waals surface area contributed by atoms with Gasteiger partial charge in [-0.25, -0.2) is 9.61 Å². The first kappa shape index (κ1) is 28.9. The predicted octanol–water partition coefficient (Wildman–Crippen LogP) is 1.91. The minimum atomic E-state index is -1.23. The average Bonchev–Trinajstić information content (AvgIpc) is 3.31. The summed E-state index contributed by atoms with van der Waals surface area (Å²) in [5.41, 5.74) is 1.53. The number of hydrogen-bond acceptors (Lipinski definition) is 11. The van der Waals surface area contributed by atoms with E-state index in [1.54, 1.807) is 13.2 Å². The van der Waals surface area contributed by atoms with Crippen molar-refractivity contribution in [3.05, 3.63) is 70.0 Å². The molecule has 3 rings (SSSR count). The number of benzene rings is 1. The molecule has 0 aliphatic heterocycles. The summed E-state index contributed by atoms with van der Waals surface area (Å²) in [5.74, 6) is -1.47. The van der Waals surface area contributed by atoms with Crippen molar-refractivity contribution in [1.82, 2.24) is 25.2 Å². The first-order valence-corrected chi connectivity index (χ1v) is 14.1. The molecule has 12 nitrogen and oxygen atoms in total. The summed E-state index contributed by atoms with van der Waals surface area (Å²) in [4.78, 5) is 54.8. The number of Topliss-reactive ketones (excluding diaryl/α,β-unsaturated/α-hetero) is 1. The molecule has 2 aromatic heterocycles. The Labute approximate surface area is 226 Å². The molecule has 0 aliphatic carbocycles. The molecule has 2 atom stereocenters. The highest BCUT2D eigenvalue weighted by Gasteiger charge is 2.29. The molecule has 202 valence electrons. The number of nitrogens with one attached hydrogen (secondary N) is 2. The fraction of sp³-hybridized carbons (Fsp3) is 0.375. The lowest BCUT2D eigenvalue weighted by atomic mass is 10.1. The first-order chi connectivity index (χ1) is 18.3. The van der Waals surface area contributed by atoms with E-state index in [2.05, 4.69) is 30.6 Å². The highest BCUT2D eigenvalue weighted by molar-refractivity contribution is 7.99. The van der Waals surface area contributed by atoms with Crippen molar-refractivity contribution in [2.75, 3.05) is 23.1 Å². The van der Waals surface area contributed by atoms with Gasteiger partial charge in [0.25, 0.3) is 5.56 Å². The van der Waals surface area contributed by atoms with E-state index in [1.165, 1.54) is 40.5 Å². The fourth-order valence-corrected chi connectivity index (χ4v) is 5.00. The summed E-state index contributed by atoms with van der Waals surface area (Å²) in [5, 5.41) is 22.2. The highest BCUT2D eigenvalue weighted by atomic mass is 32.2. The van der Waals surface area contributed by atoms with Gasteiger partial charge in [-0.05, 0) is 18.7 Å². The number of nitrogens with zero attached hydrogens (tertiary/aromatic N) is 4. The van der Waals surface area contributed by atoms with Crippen molar-refractivity contribution in [2.24, 2.45) is 0 Å². The summed E-state index contributed by atoms with van der Waals surface area (Å²) < 4.78 is 5.86. The molecule has 0 bridgehead atoms. The van der Waals surface area contributed by atoms with E-state index in [4.69, 9.17) is 0 Å². The average molecular weight is 561 g/mol. The van der Waals surface area contributed by atoms with Gasteiger partial charge in [0, 0.05) is 23.9 Å². The van der Waals surface area contributed by atoms with Crippen molar-refractivity contribution in [3.63, 3.8) is 0 Å². The smallest absolute Gasteiger partial charge is 0.305 e. The van der Waals surface area contributed by atoms with E-state index in [1.807, 2.05) is 30.3 Å². The molecule has 2 heterocycles. The Balaban J connectivity index is 1.71. The van der Waals surface area contributed by atoms with Gasteiger partial charge in [0.1, 0.15) is 17.4 Å². The lowest BCUT2D eigenvalue weighted by Gasteiger charge is -2.22. The van der Waals surface area contributed by atoms with Gasteiger partial charge >= 0.3 is 5.97 Å². The van der Waals surface area contributed by atoms with Crippen LogP contribution in [0.25, 0.3) is 0 Å². The molecular formula is C24H28N6O6S2. The quantitative estimate of drug-likeness (QED) is 0.247. The van der Waals surface area contributed by atoms with Crippen molar-refractivity contribution in [1.29, 1.82) is 0 Å². The maximum Gasteiger partial charge on any atom is 0.305 e. The van der Waals surface area contributed by atoms with Crippen LogP contribution in [0.1, 0.15) is 29.4 Å². The van der Waals surface area contributed by atoms with Gasteiger partial charge < -0.3 is 15.7 Å². The Kier molecular flexibility index (Phi) is 10.9. The van der Waals surface area contributed by atoms with Crippen LogP contribution in [0.3, 0.4) is 0 Å². The molecule has 0 radical (unpaired) electrons. The number of carbonyl (C=O) groups excluding carboxylic acids is 2. The van der Waals surface area contributed by atoms with Crippen molar-refractivity contribution in [2.45, 2.75) is 37.7 Å². The number of aryl methyl sites for hydroxylation is 1. The second kappa shape index (κ2) is 14.3. The van der Waals surface area contributed by atoms with Gasteiger partial charge in [0.05, 0.1) is 24.8 Å². The lowest BCUT2D eigenvalue weighted by molar-refractivity contribution is -0.140. The van der Waals surface area contributed by atoms with Gasteiger partial charge in [0.15, 0.2) is 11.6 Å². The zero-order valence-electron chi connectivity index (χ0n) is 20.8. The summed E-state index contributed by atoms with van der Waals surface area (Å²) in [6.07, 6.45) is 3.96. The van der Waals surface area contributed by atoms with Crippen LogP contribution in [0.5, 0.6) is 0 Å². The number of carboxylic acid groups (broad SMARTS) is 1. The number of aromatic nitrogens is 4. The highest BCUT2D eigenvalue weighted by Crippen LogP contribution is 2.16. The number of anilines is 1. The maximum atomic E-state index is 13.3. The third kappa shape index (κ3) is 8.18. The molecule has 0 aliphatic rings. The topological polar surface area (TPSA) is 169 Å². The molecule has 3 aromatic rings. The Morgan fingerprint density at radius 2 is 1.95 bits per heavy atom. The number of rotatable bonds is 15. The summed E-state index contributed by atoms with van der Waals surface area (Å²) in [7, 11) is 0. The van der Waals surface area contributed by atoms with E-state index in [0.29, 0.717) is 17.1 Å². The molecule has 3 N–H and O–H groups in total. The second-order valence-corrected chi connectivity index (χ2v) is 10.1. The van der Waals surface area contributed by atoms with Gasteiger partial charge in [-0.1, -0.05) is 40.6 Å². The Morgan fingerprint density at radius 1 is 1.18 bits per heavy atom. The summed E-state index contributed by atoms with van der Waals surface area (Å²) in [6.45, 7) is 1.84. The summed E-state index contributed by atoms with van der Waals surface area (Å²) >= 11 is 2.66. The van der Waals surface area contributed by atoms with Gasteiger partial charge in [-0.3, -0.25) is 23.7 Å². The number of carbonyl (C=O) groups is 3. The zero-order chi connectivity index (χ0) is 27.5. The predicted molar refractivity (Wildman–Crippen MR) is 144 cm³/mol. The zero-order valence-corrected chi connectivity index (χ0v) is 22.5. The number of thioether (sulfide) groups is 2. The van der Waals surface area contributed by atoms with Crippen LogP contribution in [-0.2, 0) is 26.7 Å². The third-order valence-electron chi connectivity index (χ3n) is 5.44. The number of amides is 1. The van der Waals surface area contributed by atoms with Crippen LogP contribution in [0.2, 0.25) is 0 Å². The third-order valence-corrected chi connectivity index (χ3v) is 7.12. The van der Waals surface area contributed by atoms with Crippen LogP contribution in [0, 0.1) is 6.92 Å². The molecular weight excluding hydrogens is 532 g/mol. The molecule has 0 fully saturated rings. The molecule has 1 aromatic carbocycles.